The number of rotatable bonds is 4. The van der Waals surface area contributed by atoms with E-state index in [0.717, 1.165) is 36.6 Å². The standard InChI is InChI=1S/C18H19ClFN5O/c1-26-15-5-3-2-4-14(15)24-18-13(20)9-23-17(25-18)12-8-22-16-11(12)6-10(19)7-21-16/h6-9,14-15H,2-5H2,1H3,(H,21,22)(H,23,24,25). The molecule has 26 heavy (non-hydrogen) atoms. The summed E-state index contributed by atoms with van der Waals surface area (Å²) in [6.07, 6.45) is 8.65. The number of nitrogens with one attached hydrogen (secondary N) is 2. The van der Waals surface area contributed by atoms with Gasteiger partial charge in [-0.25, -0.2) is 19.3 Å². The number of fused-ring (bicyclic) bond motifs is 1. The second-order valence-corrected chi connectivity index (χ2v) is 6.89. The van der Waals surface area contributed by atoms with Crippen molar-refractivity contribution in [3.05, 3.63) is 35.5 Å². The fourth-order valence-corrected chi connectivity index (χ4v) is 3.64. The molecule has 3 heterocycles. The second-order valence-electron chi connectivity index (χ2n) is 6.45. The van der Waals surface area contributed by atoms with Gasteiger partial charge >= 0.3 is 0 Å². The summed E-state index contributed by atoms with van der Waals surface area (Å²) in [5, 5.41) is 4.52. The first-order valence-electron chi connectivity index (χ1n) is 8.60. The van der Waals surface area contributed by atoms with Crippen molar-refractivity contribution >= 4 is 28.5 Å². The van der Waals surface area contributed by atoms with E-state index in [1.54, 1.807) is 25.6 Å². The first-order valence-corrected chi connectivity index (χ1v) is 8.98. The average molecular weight is 376 g/mol. The molecule has 0 aliphatic heterocycles. The van der Waals surface area contributed by atoms with E-state index in [4.69, 9.17) is 16.3 Å². The Labute approximate surface area is 155 Å². The number of ether oxygens (including phenoxy) is 1. The van der Waals surface area contributed by atoms with Crippen LogP contribution in [0.3, 0.4) is 0 Å². The van der Waals surface area contributed by atoms with Gasteiger partial charge in [0.05, 0.1) is 23.4 Å². The molecular formula is C18H19ClFN5O. The van der Waals surface area contributed by atoms with Crippen molar-refractivity contribution in [3.63, 3.8) is 0 Å². The lowest BCUT2D eigenvalue weighted by molar-refractivity contribution is 0.0604. The van der Waals surface area contributed by atoms with Gasteiger partial charge in [0.15, 0.2) is 17.5 Å². The molecule has 136 valence electrons. The molecule has 2 unspecified atom stereocenters. The predicted molar refractivity (Wildman–Crippen MR) is 98.8 cm³/mol. The van der Waals surface area contributed by atoms with Crippen LogP contribution in [0.25, 0.3) is 22.4 Å². The minimum atomic E-state index is -0.481. The van der Waals surface area contributed by atoms with Gasteiger partial charge in [0, 0.05) is 30.5 Å². The molecule has 0 saturated heterocycles. The van der Waals surface area contributed by atoms with E-state index in [2.05, 4.69) is 25.3 Å². The Morgan fingerprint density at radius 3 is 2.96 bits per heavy atom. The fraction of sp³-hybridized carbons (Fsp3) is 0.389. The van der Waals surface area contributed by atoms with Crippen LogP contribution in [0.2, 0.25) is 5.02 Å². The highest BCUT2D eigenvalue weighted by molar-refractivity contribution is 6.31. The van der Waals surface area contributed by atoms with Crippen molar-refractivity contribution in [2.45, 2.75) is 37.8 Å². The van der Waals surface area contributed by atoms with Crippen molar-refractivity contribution in [2.75, 3.05) is 12.4 Å². The molecule has 1 aliphatic carbocycles. The molecule has 0 aromatic carbocycles. The lowest BCUT2D eigenvalue weighted by Gasteiger charge is -2.31. The summed E-state index contributed by atoms with van der Waals surface area (Å²) in [5.74, 6) is 0.118. The maximum Gasteiger partial charge on any atom is 0.183 e. The SMILES string of the molecule is COC1CCCCC1Nc1nc(-c2c[nH]c3ncc(Cl)cc23)ncc1F. The van der Waals surface area contributed by atoms with Gasteiger partial charge in [0.2, 0.25) is 0 Å². The number of halogens is 2. The molecule has 0 bridgehead atoms. The van der Waals surface area contributed by atoms with Gasteiger partial charge in [-0.2, -0.15) is 0 Å². The number of hydrogen-bond acceptors (Lipinski definition) is 5. The largest absolute Gasteiger partial charge is 0.379 e. The van der Waals surface area contributed by atoms with E-state index in [-0.39, 0.29) is 18.0 Å². The summed E-state index contributed by atoms with van der Waals surface area (Å²) in [6, 6.07) is 1.82. The van der Waals surface area contributed by atoms with Crippen molar-refractivity contribution in [2.24, 2.45) is 0 Å². The van der Waals surface area contributed by atoms with Crippen molar-refractivity contribution in [1.29, 1.82) is 0 Å². The van der Waals surface area contributed by atoms with E-state index in [0.29, 0.717) is 16.5 Å². The zero-order chi connectivity index (χ0) is 18.1. The number of nitrogens with zero attached hydrogens (tertiary/aromatic N) is 3. The van der Waals surface area contributed by atoms with Crippen LogP contribution in [-0.2, 0) is 4.74 Å². The van der Waals surface area contributed by atoms with Crippen LogP contribution >= 0.6 is 11.6 Å². The number of aromatic nitrogens is 4. The Balaban J connectivity index is 1.68. The second kappa shape index (κ2) is 7.17. The summed E-state index contributed by atoms with van der Waals surface area (Å²) < 4.78 is 19.8. The van der Waals surface area contributed by atoms with Gasteiger partial charge in [-0.05, 0) is 18.9 Å². The maximum absolute atomic E-state index is 14.3. The van der Waals surface area contributed by atoms with Crippen LogP contribution in [-0.4, -0.2) is 39.2 Å². The normalized spacial score (nSPS) is 20.4. The smallest absolute Gasteiger partial charge is 0.183 e. The van der Waals surface area contributed by atoms with Gasteiger partial charge in [-0.15, -0.1) is 0 Å². The fourth-order valence-electron chi connectivity index (χ4n) is 3.48. The Morgan fingerprint density at radius 1 is 1.27 bits per heavy atom. The highest BCUT2D eigenvalue weighted by atomic mass is 35.5. The van der Waals surface area contributed by atoms with Gasteiger partial charge in [-0.3, -0.25) is 0 Å². The third kappa shape index (κ3) is 3.24. The van der Waals surface area contributed by atoms with Crippen LogP contribution in [0.1, 0.15) is 25.7 Å². The molecular weight excluding hydrogens is 357 g/mol. The van der Waals surface area contributed by atoms with Crippen LogP contribution in [0.15, 0.2) is 24.7 Å². The molecule has 4 rings (SSSR count). The lowest BCUT2D eigenvalue weighted by atomic mass is 9.92. The highest BCUT2D eigenvalue weighted by Gasteiger charge is 2.26. The van der Waals surface area contributed by atoms with Crippen molar-refractivity contribution in [3.8, 4) is 11.4 Å². The van der Waals surface area contributed by atoms with Crippen molar-refractivity contribution < 1.29 is 9.13 Å². The molecule has 1 aliphatic rings. The van der Waals surface area contributed by atoms with E-state index in [1.807, 2.05) is 0 Å². The monoisotopic (exact) mass is 375 g/mol. The highest BCUT2D eigenvalue weighted by Crippen LogP contribution is 2.29. The molecule has 1 saturated carbocycles. The molecule has 0 radical (unpaired) electrons. The van der Waals surface area contributed by atoms with Crippen LogP contribution in [0, 0.1) is 5.82 Å². The Kier molecular flexibility index (Phi) is 4.74. The predicted octanol–water partition coefficient (Wildman–Crippen LogP) is 4.18. The summed E-state index contributed by atoms with van der Waals surface area (Å²) >= 11 is 6.05. The quantitative estimate of drug-likeness (QED) is 0.715. The van der Waals surface area contributed by atoms with E-state index >= 15 is 0 Å². The van der Waals surface area contributed by atoms with Gasteiger partial charge < -0.3 is 15.0 Å². The van der Waals surface area contributed by atoms with Crippen molar-refractivity contribution in [1.82, 2.24) is 19.9 Å². The van der Waals surface area contributed by atoms with Crippen LogP contribution in [0.4, 0.5) is 10.2 Å². The summed E-state index contributed by atoms with van der Waals surface area (Å²) in [6.45, 7) is 0. The number of pyridine rings is 1. The Hall–Kier alpha value is -2.25. The Morgan fingerprint density at radius 2 is 2.12 bits per heavy atom. The summed E-state index contributed by atoms with van der Waals surface area (Å²) in [5.41, 5.74) is 1.41. The van der Waals surface area contributed by atoms with Crippen LogP contribution < -0.4 is 5.32 Å². The molecule has 0 amide bonds. The molecule has 0 spiro atoms. The molecule has 1 fully saturated rings. The minimum absolute atomic E-state index is 0.0325. The number of aromatic amines is 1. The van der Waals surface area contributed by atoms with E-state index < -0.39 is 5.82 Å². The summed E-state index contributed by atoms with van der Waals surface area (Å²) in [7, 11) is 1.69. The van der Waals surface area contributed by atoms with E-state index in [1.165, 1.54) is 6.20 Å². The third-order valence-electron chi connectivity index (χ3n) is 4.81. The molecule has 3 aromatic rings. The minimum Gasteiger partial charge on any atom is -0.379 e. The Bertz CT molecular complexity index is 931. The first kappa shape index (κ1) is 17.2. The zero-order valence-corrected chi connectivity index (χ0v) is 15.1. The first-order chi connectivity index (χ1) is 12.7. The topological polar surface area (TPSA) is 75.7 Å². The van der Waals surface area contributed by atoms with Gasteiger partial charge in [0.25, 0.3) is 0 Å². The molecule has 8 heteroatoms. The number of methoxy groups -OCH3 is 1. The zero-order valence-electron chi connectivity index (χ0n) is 14.3. The number of anilines is 1. The van der Waals surface area contributed by atoms with Crippen LogP contribution in [0.5, 0.6) is 0 Å². The summed E-state index contributed by atoms with van der Waals surface area (Å²) in [4.78, 5) is 15.9. The molecule has 3 aromatic heterocycles. The van der Waals surface area contributed by atoms with Gasteiger partial charge in [0.1, 0.15) is 5.65 Å². The van der Waals surface area contributed by atoms with E-state index in [9.17, 15) is 4.39 Å². The van der Waals surface area contributed by atoms with Gasteiger partial charge in [-0.1, -0.05) is 24.4 Å². The number of H-pyrrole nitrogens is 1. The maximum atomic E-state index is 14.3. The lowest BCUT2D eigenvalue weighted by Crippen LogP contribution is -2.38. The average Bonchev–Trinajstić information content (AvgIpc) is 3.07. The third-order valence-corrected chi connectivity index (χ3v) is 5.02. The molecule has 2 atom stereocenters. The molecule has 6 nitrogen and oxygen atoms in total. The molecule has 2 N–H and O–H groups in total. The number of hydrogen-bond donors (Lipinski definition) is 2.